The number of hydrogen-bond donors (Lipinski definition) is 1. The number of thiol groups is 1. The van der Waals surface area contributed by atoms with E-state index in [2.05, 4.69) is 38.4 Å². The van der Waals surface area contributed by atoms with Crippen molar-refractivity contribution in [3.8, 4) is 0 Å². The summed E-state index contributed by atoms with van der Waals surface area (Å²) in [5.41, 5.74) is 0. The molecule has 0 saturated carbocycles. The molecule has 0 rings (SSSR count). The Morgan fingerprint density at radius 3 is 2.11 bits per heavy atom. The molecule has 0 bridgehead atoms. The lowest BCUT2D eigenvalue weighted by Crippen LogP contribution is -2.32. The summed E-state index contributed by atoms with van der Waals surface area (Å²) in [6, 6.07) is 0.665. The van der Waals surface area contributed by atoms with E-state index in [1.54, 1.807) is 0 Å². The highest BCUT2D eigenvalue weighted by atomic mass is 32.1. The highest BCUT2D eigenvalue weighted by Crippen LogP contribution is 2.01. The monoisotopic (exact) mass is 147 g/mol. The van der Waals surface area contributed by atoms with Crippen LogP contribution in [0.1, 0.15) is 20.3 Å². The third-order valence-electron chi connectivity index (χ3n) is 1.80. The minimum absolute atomic E-state index is 0.665. The van der Waals surface area contributed by atoms with Crippen LogP contribution in [0.25, 0.3) is 0 Å². The fourth-order valence-corrected chi connectivity index (χ4v) is 1.38. The van der Waals surface area contributed by atoms with Gasteiger partial charge in [-0.15, -0.1) is 0 Å². The highest BCUT2D eigenvalue weighted by molar-refractivity contribution is 7.80. The molecule has 0 saturated heterocycles. The van der Waals surface area contributed by atoms with E-state index in [-0.39, 0.29) is 0 Å². The SMILES string of the molecule is CCC(CS)N(C)CC. The first-order valence-electron chi connectivity index (χ1n) is 3.57. The first-order valence-corrected chi connectivity index (χ1v) is 4.20. The first kappa shape index (κ1) is 9.31. The maximum Gasteiger partial charge on any atom is 0.0178 e. The van der Waals surface area contributed by atoms with E-state index in [1.807, 2.05) is 0 Å². The Kier molecular flexibility index (Phi) is 5.30. The van der Waals surface area contributed by atoms with Crippen molar-refractivity contribution >= 4 is 12.6 Å². The molecule has 0 aliphatic rings. The van der Waals surface area contributed by atoms with Crippen LogP contribution in [0.4, 0.5) is 0 Å². The van der Waals surface area contributed by atoms with E-state index in [1.165, 1.54) is 6.42 Å². The van der Waals surface area contributed by atoms with Crippen molar-refractivity contribution in [3.05, 3.63) is 0 Å². The van der Waals surface area contributed by atoms with E-state index in [0.29, 0.717) is 6.04 Å². The van der Waals surface area contributed by atoms with E-state index >= 15 is 0 Å². The maximum absolute atomic E-state index is 4.25. The minimum atomic E-state index is 0.665. The van der Waals surface area contributed by atoms with Crippen LogP contribution >= 0.6 is 12.6 Å². The van der Waals surface area contributed by atoms with Crippen LogP contribution in [0.3, 0.4) is 0 Å². The summed E-state index contributed by atoms with van der Waals surface area (Å²) in [5, 5.41) is 0. The zero-order valence-electron chi connectivity index (χ0n) is 6.59. The van der Waals surface area contributed by atoms with E-state index in [4.69, 9.17) is 0 Å². The second-order valence-electron chi connectivity index (χ2n) is 2.32. The number of hydrogen-bond acceptors (Lipinski definition) is 2. The first-order chi connectivity index (χ1) is 4.26. The third-order valence-corrected chi connectivity index (χ3v) is 2.23. The summed E-state index contributed by atoms with van der Waals surface area (Å²) in [6.07, 6.45) is 1.20. The summed E-state index contributed by atoms with van der Waals surface area (Å²) in [6.45, 7) is 5.50. The predicted molar refractivity (Wildman–Crippen MR) is 46.2 cm³/mol. The van der Waals surface area contributed by atoms with Crippen LogP contribution in [0.15, 0.2) is 0 Å². The molecule has 0 heterocycles. The Labute approximate surface area is 63.8 Å². The minimum Gasteiger partial charge on any atom is -0.303 e. The van der Waals surface area contributed by atoms with Crippen LogP contribution in [0, 0.1) is 0 Å². The molecule has 56 valence electrons. The Hall–Kier alpha value is 0.310. The Balaban J connectivity index is 3.50. The van der Waals surface area contributed by atoms with Gasteiger partial charge in [-0.2, -0.15) is 12.6 Å². The normalized spacial score (nSPS) is 14.3. The van der Waals surface area contributed by atoms with Gasteiger partial charge in [0.2, 0.25) is 0 Å². The third kappa shape index (κ3) is 3.11. The van der Waals surface area contributed by atoms with Gasteiger partial charge >= 0.3 is 0 Å². The molecule has 0 aliphatic carbocycles. The van der Waals surface area contributed by atoms with Gasteiger partial charge in [-0.25, -0.2) is 0 Å². The van der Waals surface area contributed by atoms with Crippen LogP contribution in [0.5, 0.6) is 0 Å². The zero-order chi connectivity index (χ0) is 7.28. The van der Waals surface area contributed by atoms with Crippen molar-refractivity contribution in [3.63, 3.8) is 0 Å². The predicted octanol–water partition coefficient (Wildman–Crippen LogP) is 1.65. The molecule has 0 aromatic carbocycles. The molecule has 0 aliphatic heterocycles. The van der Waals surface area contributed by atoms with Crippen LogP contribution in [-0.4, -0.2) is 30.3 Å². The molecule has 0 radical (unpaired) electrons. The quantitative estimate of drug-likeness (QED) is 0.592. The van der Waals surface area contributed by atoms with Gasteiger partial charge < -0.3 is 4.90 Å². The molecular weight excluding hydrogens is 130 g/mol. The van der Waals surface area contributed by atoms with Crippen LogP contribution in [-0.2, 0) is 0 Å². The lowest BCUT2D eigenvalue weighted by atomic mass is 10.2. The van der Waals surface area contributed by atoms with Crippen LogP contribution < -0.4 is 0 Å². The second-order valence-corrected chi connectivity index (χ2v) is 2.68. The van der Waals surface area contributed by atoms with Gasteiger partial charge in [0, 0.05) is 11.8 Å². The maximum atomic E-state index is 4.25. The molecule has 1 atom stereocenters. The molecule has 0 spiro atoms. The standard InChI is InChI=1S/C7H17NS/c1-4-7(6-9)8(3)5-2/h7,9H,4-6H2,1-3H3. The molecule has 1 unspecified atom stereocenters. The van der Waals surface area contributed by atoms with Gasteiger partial charge in [-0.3, -0.25) is 0 Å². The van der Waals surface area contributed by atoms with Crippen molar-refractivity contribution in [2.45, 2.75) is 26.3 Å². The Morgan fingerprint density at radius 2 is 2.00 bits per heavy atom. The van der Waals surface area contributed by atoms with Gasteiger partial charge in [0.05, 0.1) is 0 Å². The molecule has 0 N–H and O–H groups in total. The zero-order valence-corrected chi connectivity index (χ0v) is 7.49. The molecule has 9 heavy (non-hydrogen) atoms. The molecule has 0 fully saturated rings. The average Bonchev–Trinajstić information content (AvgIpc) is 1.90. The highest BCUT2D eigenvalue weighted by Gasteiger charge is 2.06. The van der Waals surface area contributed by atoms with Gasteiger partial charge in [0.15, 0.2) is 0 Å². The van der Waals surface area contributed by atoms with E-state index in [0.717, 1.165) is 12.3 Å². The topological polar surface area (TPSA) is 3.24 Å². The Morgan fingerprint density at radius 1 is 1.44 bits per heavy atom. The van der Waals surface area contributed by atoms with Crippen molar-refractivity contribution in [1.82, 2.24) is 4.90 Å². The van der Waals surface area contributed by atoms with Gasteiger partial charge in [-0.05, 0) is 20.0 Å². The van der Waals surface area contributed by atoms with Crippen molar-refractivity contribution in [1.29, 1.82) is 0 Å². The summed E-state index contributed by atoms with van der Waals surface area (Å²) < 4.78 is 0. The van der Waals surface area contributed by atoms with Crippen molar-refractivity contribution in [2.24, 2.45) is 0 Å². The summed E-state index contributed by atoms with van der Waals surface area (Å²) in [5.74, 6) is 0.973. The molecule has 0 aromatic heterocycles. The fourth-order valence-electron chi connectivity index (χ4n) is 0.838. The lowest BCUT2D eigenvalue weighted by Gasteiger charge is -2.23. The second kappa shape index (κ2) is 5.12. The molecule has 0 aromatic rings. The van der Waals surface area contributed by atoms with Crippen molar-refractivity contribution in [2.75, 3.05) is 19.3 Å². The van der Waals surface area contributed by atoms with Crippen LogP contribution in [0.2, 0.25) is 0 Å². The van der Waals surface area contributed by atoms with Gasteiger partial charge in [-0.1, -0.05) is 13.8 Å². The van der Waals surface area contributed by atoms with E-state index in [9.17, 15) is 0 Å². The van der Waals surface area contributed by atoms with Gasteiger partial charge in [0.25, 0.3) is 0 Å². The smallest absolute Gasteiger partial charge is 0.0178 e. The number of rotatable bonds is 4. The molecular formula is C7H17NS. The van der Waals surface area contributed by atoms with Crippen molar-refractivity contribution < 1.29 is 0 Å². The summed E-state index contributed by atoms with van der Waals surface area (Å²) in [4.78, 5) is 2.33. The molecule has 0 amide bonds. The lowest BCUT2D eigenvalue weighted by molar-refractivity contribution is 0.270. The Bertz CT molecular complexity index is 61.9. The average molecular weight is 147 g/mol. The fraction of sp³-hybridized carbons (Fsp3) is 1.00. The summed E-state index contributed by atoms with van der Waals surface area (Å²) in [7, 11) is 2.14. The van der Waals surface area contributed by atoms with Gasteiger partial charge in [0.1, 0.15) is 0 Å². The largest absolute Gasteiger partial charge is 0.303 e. The molecule has 1 nitrogen and oxygen atoms in total. The van der Waals surface area contributed by atoms with E-state index < -0.39 is 0 Å². The summed E-state index contributed by atoms with van der Waals surface area (Å²) >= 11 is 4.25. The molecule has 2 heteroatoms. The number of nitrogens with zero attached hydrogens (tertiary/aromatic N) is 1.